The molecule has 2 aliphatic rings. The van der Waals surface area contributed by atoms with Crippen LogP contribution in [0.2, 0.25) is 0 Å². The van der Waals surface area contributed by atoms with E-state index < -0.39 is 0 Å². The molecule has 4 rings (SSSR count). The fourth-order valence-electron chi connectivity index (χ4n) is 3.58. The number of fused-ring (bicyclic) bond motifs is 1. The number of urea groups is 1. The number of hydrogen-bond donors (Lipinski definition) is 2. The maximum absolute atomic E-state index is 12.5. The van der Waals surface area contributed by atoms with Gasteiger partial charge in [-0.2, -0.15) is 9.97 Å². The highest BCUT2D eigenvalue weighted by Crippen LogP contribution is 2.32. The third kappa shape index (κ3) is 4.69. The molecule has 0 aromatic carbocycles. The van der Waals surface area contributed by atoms with Gasteiger partial charge in [-0.05, 0) is 13.8 Å². The summed E-state index contributed by atoms with van der Waals surface area (Å²) < 4.78 is 10.4. The molecular weight excluding hydrogens is 434 g/mol. The molecule has 2 N–H and O–H groups in total. The Kier molecular flexibility index (Phi) is 6.31. The van der Waals surface area contributed by atoms with E-state index in [1.165, 1.54) is 18.4 Å². The third-order valence-electron chi connectivity index (χ3n) is 5.30. The quantitative estimate of drug-likeness (QED) is 0.664. The molecular formula is C20H27N7O4S. The number of anilines is 2. The number of amides is 3. The number of rotatable bonds is 6. The minimum atomic E-state index is -0.230. The average Bonchev–Trinajstić information content (AvgIpc) is 3.12. The minimum absolute atomic E-state index is 0.00756. The maximum Gasteiger partial charge on any atom is 0.323 e. The van der Waals surface area contributed by atoms with E-state index in [4.69, 9.17) is 9.47 Å². The van der Waals surface area contributed by atoms with Crippen LogP contribution in [0.5, 0.6) is 11.9 Å². The Labute approximate surface area is 190 Å². The van der Waals surface area contributed by atoms with Gasteiger partial charge in [-0.25, -0.2) is 9.78 Å². The molecule has 0 bridgehead atoms. The van der Waals surface area contributed by atoms with Gasteiger partial charge in [0.2, 0.25) is 11.8 Å². The van der Waals surface area contributed by atoms with Gasteiger partial charge in [-0.1, -0.05) is 11.3 Å². The molecule has 0 saturated carbocycles. The molecule has 3 amide bonds. The van der Waals surface area contributed by atoms with Crippen molar-refractivity contribution < 1.29 is 19.1 Å². The molecule has 0 aliphatic carbocycles. The summed E-state index contributed by atoms with van der Waals surface area (Å²) in [6, 6.07) is 1.88. The normalized spacial score (nSPS) is 15.8. The van der Waals surface area contributed by atoms with Gasteiger partial charge < -0.3 is 24.6 Å². The van der Waals surface area contributed by atoms with E-state index in [2.05, 4.69) is 30.5 Å². The Balaban J connectivity index is 1.36. The Morgan fingerprint density at radius 3 is 2.66 bits per heavy atom. The van der Waals surface area contributed by atoms with Crippen LogP contribution in [-0.4, -0.2) is 71.7 Å². The molecule has 0 radical (unpaired) electrons. The predicted octanol–water partition coefficient (Wildman–Crippen LogP) is 1.50. The Morgan fingerprint density at radius 1 is 1.19 bits per heavy atom. The van der Waals surface area contributed by atoms with Crippen molar-refractivity contribution in [3.63, 3.8) is 0 Å². The van der Waals surface area contributed by atoms with Crippen LogP contribution in [0.1, 0.15) is 24.4 Å². The second-order valence-corrected chi connectivity index (χ2v) is 9.09. The van der Waals surface area contributed by atoms with Crippen molar-refractivity contribution >= 4 is 34.2 Å². The number of carbonyl (C=O) groups excluding carboxylic acids is 2. The molecule has 0 unspecified atom stereocenters. The van der Waals surface area contributed by atoms with Gasteiger partial charge in [-0.3, -0.25) is 10.1 Å². The van der Waals surface area contributed by atoms with E-state index >= 15 is 0 Å². The van der Waals surface area contributed by atoms with Gasteiger partial charge >= 0.3 is 12.0 Å². The monoisotopic (exact) mass is 461 g/mol. The zero-order chi connectivity index (χ0) is 22.8. The van der Waals surface area contributed by atoms with Crippen LogP contribution in [-0.2, 0) is 17.8 Å². The first-order valence-electron chi connectivity index (χ1n) is 10.4. The van der Waals surface area contributed by atoms with Crippen molar-refractivity contribution in [3.8, 4) is 11.9 Å². The van der Waals surface area contributed by atoms with Crippen LogP contribution >= 0.6 is 11.3 Å². The lowest BCUT2D eigenvalue weighted by Crippen LogP contribution is -2.57. The van der Waals surface area contributed by atoms with E-state index in [0.29, 0.717) is 36.5 Å². The zero-order valence-corrected chi connectivity index (χ0v) is 19.4. The second kappa shape index (κ2) is 9.15. The van der Waals surface area contributed by atoms with Gasteiger partial charge in [0.25, 0.3) is 0 Å². The van der Waals surface area contributed by atoms with Gasteiger partial charge in [0, 0.05) is 43.0 Å². The van der Waals surface area contributed by atoms with Crippen molar-refractivity contribution in [2.45, 2.75) is 32.9 Å². The molecule has 0 atom stereocenters. The van der Waals surface area contributed by atoms with Crippen molar-refractivity contribution in [1.82, 2.24) is 25.2 Å². The summed E-state index contributed by atoms with van der Waals surface area (Å²) in [6.07, 6.45) is 0.734. The van der Waals surface area contributed by atoms with E-state index in [1.54, 1.807) is 18.1 Å². The van der Waals surface area contributed by atoms with E-state index in [0.717, 1.165) is 23.5 Å². The molecule has 4 heterocycles. The average molecular weight is 462 g/mol. The molecule has 172 valence electrons. The highest BCUT2D eigenvalue weighted by molar-refractivity contribution is 7.15. The number of aromatic nitrogens is 3. The Hall–Kier alpha value is -3.15. The molecule has 11 nitrogen and oxygen atoms in total. The van der Waals surface area contributed by atoms with Gasteiger partial charge in [0.05, 0.1) is 32.4 Å². The molecule has 32 heavy (non-hydrogen) atoms. The van der Waals surface area contributed by atoms with E-state index in [9.17, 15) is 9.59 Å². The highest BCUT2D eigenvalue weighted by Gasteiger charge is 2.36. The predicted molar refractivity (Wildman–Crippen MR) is 119 cm³/mol. The molecule has 1 fully saturated rings. The first-order valence-corrected chi connectivity index (χ1v) is 11.2. The molecule has 0 spiro atoms. The van der Waals surface area contributed by atoms with Gasteiger partial charge in [0.1, 0.15) is 5.82 Å². The summed E-state index contributed by atoms with van der Waals surface area (Å²) in [6.45, 7) is 6.02. The molecule has 2 aromatic rings. The van der Waals surface area contributed by atoms with Crippen LogP contribution in [0.25, 0.3) is 0 Å². The lowest BCUT2D eigenvalue weighted by molar-refractivity contribution is -0.129. The topological polar surface area (TPSA) is 122 Å². The minimum Gasteiger partial charge on any atom is -0.481 e. The van der Waals surface area contributed by atoms with Crippen molar-refractivity contribution in [2.24, 2.45) is 5.92 Å². The van der Waals surface area contributed by atoms with Crippen molar-refractivity contribution in [3.05, 3.63) is 16.6 Å². The van der Waals surface area contributed by atoms with E-state index in [1.807, 2.05) is 13.8 Å². The number of hydrogen-bond acceptors (Lipinski definition) is 9. The number of ether oxygens (including phenoxy) is 2. The van der Waals surface area contributed by atoms with Gasteiger partial charge in [0.15, 0.2) is 5.13 Å². The number of carbonyl (C=O) groups is 2. The summed E-state index contributed by atoms with van der Waals surface area (Å²) in [7, 11) is 3.07. The summed E-state index contributed by atoms with van der Waals surface area (Å²) in [5, 5.41) is 6.32. The maximum atomic E-state index is 12.5. The third-order valence-corrected chi connectivity index (χ3v) is 6.30. The second-order valence-electron chi connectivity index (χ2n) is 8.01. The fourth-order valence-corrected chi connectivity index (χ4v) is 4.59. The lowest BCUT2D eigenvalue weighted by atomic mass is 9.99. The molecule has 2 aliphatic heterocycles. The lowest BCUT2D eigenvalue weighted by Gasteiger charge is -2.38. The Morgan fingerprint density at radius 2 is 1.97 bits per heavy atom. The number of thiazole rings is 1. The fraction of sp³-hybridized carbons (Fsp3) is 0.550. The summed E-state index contributed by atoms with van der Waals surface area (Å²) in [5.41, 5.74) is 0.979. The number of likely N-dealkylation sites (tertiary alicyclic amines) is 1. The highest BCUT2D eigenvalue weighted by atomic mass is 32.1. The van der Waals surface area contributed by atoms with Crippen LogP contribution in [0, 0.1) is 5.92 Å². The standard InChI is InChI=1S/C20H27N7O4S/c1-11(2)21-17(28)12-8-27(9-12)20(29)25-19-22-13-5-6-26(10-14(13)32-19)15-7-16(30-3)24-18(23-15)31-4/h7,11-12H,5-6,8-10H2,1-4H3,(H,21,28)(H,22,25,29). The van der Waals surface area contributed by atoms with Crippen molar-refractivity contribution in [2.75, 3.05) is 44.1 Å². The summed E-state index contributed by atoms with van der Waals surface area (Å²) >= 11 is 1.45. The summed E-state index contributed by atoms with van der Waals surface area (Å²) in [5.74, 6) is 0.990. The molecule has 2 aromatic heterocycles. The first kappa shape index (κ1) is 22.1. The first-order chi connectivity index (χ1) is 15.4. The molecule has 1 saturated heterocycles. The van der Waals surface area contributed by atoms with E-state index in [-0.39, 0.29) is 29.9 Å². The number of nitrogens with zero attached hydrogens (tertiary/aromatic N) is 5. The van der Waals surface area contributed by atoms with Crippen LogP contribution in [0.15, 0.2) is 6.07 Å². The largest absolute Gasteiger partial charge is 0.481 e. The number of methoxy groups -OCH3 is 2. The Bertz CT molecular complexity index is 984. The van der Waals surface area contributed by atoms with Crippen molar-refractivity contribution in [1.29, 1.82) is 0 Å². The smallest absolute Gasteiger partial charge is 0.323 e. The van der Waals surface area contributed by atoms with Crippen LogP contribution < -0.4 is 25.0 Å². The van der Waals surface area contributed by atoms with Crippen LogP contribution in [0.3, 0.4) is 0 Å². The van der Waals surface area contributed by atoms with Crippen LogP contribution in [0.4, 0.5) is 15.7 Å². The molecule has 12 heteroatoms. The summed E-state index contributed by atoms with van der Waals surface area (Å²) in [4.78, 5) is 42.5. The number of nitrogens with one attached hydrogen (secondary N) is 2. The zero-order valence-electron chi connectivity index (χ0n) is 18.5. The SMILES string of the molecule is COc1cc(N2CCc3nc(NC(=O)N4CC(C(=O)NC(C)C)C4)sc3C2)nc(OC)n1. The van der Waals surface area contributed by atoms with Gasteiger partial charge in [-0.15, -0.1) is 0 Å².